The smallest absolute Gasteiger partial charge is 0.241 e. The van der Waals surface area contributed by atoms with Gasteiger partial charge in [0.1, 0.15) is 5.82 Å². The monoisotopic (exact) mass is 318 g/mol. The molecule has 1 rings (SSSR count). The van der Waals surface area contributed by atoms with Gasteiger partial charge in [0.25, 0.3) is 0 Å². The van der Waals surface area contributed by atoms with Crippen molar-refractivity contribution in [2.24, 2.45) is 0 Å². The fourth-order valence-corrected chi connectivity index (χ4v) is 3.33. The summed E-state index contributed by atoms with van der Waals surface area (Å²) in [4.78, 5) is 1.92. The Kier molecular flexibility index (Phi) is 7.24. The lowest BCUT2D eigenvalue weighted by Crippen LogP contribution is -2.35. The highest BCUT2D eigenvalue weighted by molar-refractivity contribution is 7.89. The van der Waals surface area contributed by atoms with Gasteiger partial charge in [0.15, 0.2) is 0 Å². The summed E-state index contributed by atoms with van der Waals surface area (Å²) in [6.45, 7) is 6.21. The summed E-state index contributed by atoms with van der Waals surface area (Å²) in [5.41, 5.74) is 0.185. The third-order valence-electron chi connectivity index (χ3n) is 3.20. The van der Waals surface area contributed by atoms with Gasteiger partial charge in [-0.3, -0.25) is 0 Å². The highest BCUT2D eigenvalue weighted by atomic mass is 32.2. The first-order chi connectivity index (χ1) is 9.94. The quantitative estimate of drug-likeness (QED) is 0.721. The first-order valence-corrected chi connectivity index (χ1v) is 8.54. The molecule has 0 saturated heterocycles. The zero-order valence-corrected chi connectivity index (χ0v) is 13.3. The zero-order chi connectivity index (χ0) is 15.9. The van der Waals surface area contributed by atoms with E-state index in [9.17, 15) is 17.9 Å². The SMILES string of the molecule is CCCN(CC)CCNS(=O)(=O)c1cc(F)ccc1CO. The molecule has 0 atom stereocenters. The van der Waals surface area contributed by atoms with E-state index in [-0.39, 0.29) is 17.0 Å². The maximum atomic E-state index is 13.2. The van der Waals surface area contributed by atoms with Crippen molar-refractivity contribution in [1.29, 1.82) is 0 Å². The average Bonchev–Trinajstić information content (AvgIpc) is 2.46. The van der Waals surface area contributed by atoms with Gasteiger partial charge in [0.2, 0.25) is 10.0 Å². The molecule has 0 aromatic heterocycles. The minimum absolute atomic E-state index is 0.185. The Hall–Kier alpha value is -1.02. The van der Waals surface area contributed by atoms with Crippen molar-refractivity contribution in [1.82, 2.24) is 9.62 Å². The van der Waals surface area contributed by atoms with Crippen LogP contribution in [0.25, 0.3) is 0 Å². The van der Waals surface area contributed by atoms with Crippen LogP contribution >= 0.6 is 0 Å². The van der Waals surface area contributed by atoms with E-state index in [1.165, 1.54) is 6.07 Å². The molecule has 1 aromatic rings. The van der Waals surface area contributed by atoms with Crippen molar-refractivity contribution in [3.05, 3.63) is 29.6 Å². The predicted molar refractivity (Wildman–Crippen MR) is 79.9 cm³/mol. The van der Waals surface area contributed by atoms with Crippen molar-refractivity contribution in [3.8, 4) is 0 Å². The number of hydrogen-bond donors (Lipinski definition) is 2. The van der Waals surface area contributed by atoms with Gasteiger partial charge in [-0.15, -0.1) is 0 Å². The standard InChI is InChI=1S/C14H23FN2O3S/c1-3-8-17(4-2)9-7-16-21(19,20)14-10-13(15)6-5-12(14)11-18/h5-6,10,16,18H,3-4,7-9,11H2,1-2H3. The Morgan fingerprint density at radius 3 is 2.57 bits per heavy atom. The zero-order valence-electron chi connectivity index (χ0n) is 12.5. The Labute approximate surface area is 125 Å². The third-order valence-corrected chi connectivity index (χ3v) is 4.74. The third kappa shape index (κ3) is 5.35. The van der Waals surface area contributed by atoms with Crippen LogP contribution in [0.15, 0.2) is 23.1 Å². The van der Waals surface area contributed by atoms with Crippen LogP contribution in [0.2, 0.25) is 0 Å². The van der Waals surface area contributed by atoms with Crippen LogP contribution in [-0.2, 0) is 16.6 Å². The maximum Gasteiger partial charge on any atom is 0.241 e. The van der Waals surface area contributed by atoms with Crippen molar-refractivity contribution in [2.75, 3.05) is 26.2 Å². The van der Waals surface area contributed by atoms with E-state index >= 15 is 0 Å². The summed E-state index contributed by atoms with van der Waals surface area (Å²) in [7, 11) is -3.82. The first-order valence-electron chi connectivity index (χ1n) is 7.05. The number of nitrogens with one attached hydrogen (secondary N) is 1. The Morgan fingerprint density at radius 2 is 2.00 bits per heavy atom. The lowest BCUT2D eigenvalue weighted by atomic mass is 10.2. The minimum atomic E-state index is -3.82. The molecule has 2 N–H and O–H groups in total. The van der Waals surface area contributed by atoms with Crippen molar-refractivity contribution < 1.29 is 17.9 Å². The van der Waals surface area contributed by atoms with E-state index in [2.05, 4.69) is 16.5 Å². The fraction of sp³-hybridized carbons (Fsp3) is 0.571. The number of nitrogens with zero attached hydrogens (tertiary/aromatic N) is 1. The molecular formula is C14H23FN2O3S. The maximum absolute atomic E-state index is 13.2. The Balaban J connectivity index is 2.76. The van der Waals surface area contributed by atoms with Crippen LogP contribution in [0.3, 0.4) is 0 Å². The molecular weight excluding hydrogens is 295 g/mol. The van der Waals surface area contributed by atoms with E-state index in [1.54, 1.807) is 0 Å². The predicted octanol–water partition coefficient (Wildman–Crippen LogP) is 1.33. The second-order valence-corrected chi connectivity index (χ2v) is 6.48. The molecule has 0 heterocycles. The Morgan fingerprint density at radius 1 is 1.29 bits per heavy atom. The first kappa shape index (κ1) is 18.0. The summed E-state index contributed by atoms with van der Waals surface area (Å²) in [6.07, 6.45) is 0.999. The number of aliphatic hydroxyl groups is 1. The van der Waals surface area contributed by atoms with Gasteiger partial charge in [0.05, 0.1) is 11.5 Å². The highest BCUT2D eigenvalue weighted by Crippen LogP contribution is 2.17. The summed E-state index contributed by atoms with van der Waals surface area (Å²) in [6, 6.07) is 3.33. The number of aliphatic hydroxyl groups excluding tert-OH is 1. The van der Waals surface area contributed by atoms with E-state index < -0.39 is 22.4 Å². The van der Waals surface area contributed by atoms with Crippen LogP contribution in [0.4, 0.5) is 4.39 Å². The molecule has 0 bridgehead atoms. The number of likely N-dealkylation sites (N-methyl/N-ethyl adjacent to an activating group) is 1. The van der Waals surface area contributed by atoms with Crippen LogP contribution < -0.4 is 4.72 Å². The fourth-order valence-electron chi connectivity index (χ4n) is 2.07. The molecule has 0 aliphatic rings. The normalized spacial score (nSPS) is 12.0. The lowest BCUT2D eigenvalue weighted by molar-refractivity contribution is 0.278. The van der Waals surface area contributed by atoms with E-state index in [1.807, 2.05) is 6.92 Å². The summed E-state index contributed by atoms with van der Waals surface area (Å²) < 4.78 is 40.1. The van der Waals surface area contributed by atoms with E-state index in [4.69, 9.17) is 0 Å². The molecule has 0 amide bonds. The molecule has 0 radical (unpaired) electrons. The van der Waals surface area contributed by atoms with Crippen LogP contribution in [0.5, 0.6) is 0 Å². The molecule has 0 unspecified atom stereocenters. The van der Waals surface area contributed by atoms with Crippen molar-refractivity contribution in [2.45, 2.75) is 31.8 Å². The lowest BCUT2D eigenvalue weighted by Gasteiger charge is -2.19. The van der Waals surface area contributed by atoms with Gasteiger partial charge in [-0.25, -0.2) is 17.5 Å². The van der Waals surface area contributed by atoms with Gasteiger partial charge in [-0.1, -0.05) is 19.9 Å². The van der Waals surface area contributed by atoms with Crippen LogP contribution in [0.1, 0.15) is 25.8 Å². The molecule has 21 heavy (non-hydrogen) atoms. The van der Waals surface area contributed by atoms with Gasteiger partial charge >= 0.3 is 0 Å². The van der Waals surface area contributed by atoms with E-state index in [0.29, 0.717) is 6.54 Å². The van der Waals surface area contributed by atoms with Crippen LogP contribution in [0, 0.1) is 5.82 Å². The minimum Gasteiger partial charge on any atom is -0.392 e. The summed E-state index contributed by atoms with van der Waals surface area (Å²) in [5, 5.41) is 9.17. The molecule has 5 nitrogen and oxygen atoms in total. The molecule has 0 aliphatic heterocycles. The highest BCUT2D eigenvalue weighted by Gasteiger charge is 2.19. The van der Waals surface area contributed by atoms with E-state index in [0.717, 1.165) is 31.6 Å². The van der Waals surface area contributed by atoms with Gasteiger partial charge in [0, 0.05) is 13.1 Å². The molecule has 0 spiro atoms. The molecule has 0 aliphatic carbocycles. The number of benzene rings is 1. The van der Waals surface area contributed by atoms with Gasteiger partial charge in [-0.2, -0.15) is 0 Å². The summed E-state index contributed by atoms with van der Waals surface area (Å²) in [5.74, 6) is -0.645. The molecule has 0 saturated carbocycles. The van der Waals surface area contributed by atoms with Crippen molar-refractivity contribution >= 4 is 10.0 Å². The number of sulfonamides is 1. The number of rotatable bonds is 9. The molecule has 7 heteroatoms. The number of hydrogen-bond acceptors (Lipinski definition) is 4. The van der Waals surface area contributed by atoms with Crippen molar-refractivity contribution in [3.63, 3.8) is 0 Å². The van der Waals surface area contributed by atoms with Gasteiger partial charge < -0.3 is 10.0 Å². The second-order valence-electron chi connectivity index (χ2n) is 4.74. The number of halogens is 1. The molecule has 0 fully saturated rings. The van der Waals surface area contributed by atoms with Gasteiger partial charge in [-0.05, 0) is 37.2 Å². The largest absolute Gasteiger partial charge is 0.392 e. The topological polar surface area (TPSA) is 69.6 Å². The molecule has 120 valence electrons. The summed E-state index contributed by atoms with van der Waals surface area (Å²) >= 11 is 0. The average molecular weight is 318 g/mol. The second kappa shape index (κ2) is 8.43. The molecule has 1 aromatic carbocycles. The van der Waals surface area contributed by atoms with Crippen LogP contribution in [-0.4, -0.2) is 44.6 Å². The Bertz CT molecular complexity index is 549.